The Kier molecular flexibility index (Phi) is 6.69. The van der Waals surface area contributed by atoms with Crippen molar-refractivity contribution in [1.82, 2.24) is 24.8 Å². The molecule has 0 radical (unpaired) electrons. The summed E-state index contributed by atoms with van der Waals surface area (Å²) in [4.78, 5) is 53.8. The zero-order chi connectivity index (χ0) is 24.2. The van der Waals surface area contributed by atoms with Crippen LogP contribution in [0.1, 0.15) is 12.0 Å². The number of pyridine rings is 1. The van der Waals surface area contributed by atoms with E-state index in [1.807, 2.05) is 50.3 Å². The largest absolute Gasteiger partial charge is 0.395 e. The molecule has 176 valence electrons. The first-order valence-corrected chi connectivity index (χ1v) is 10.9. The molecule has 0 aliphatic heterocycles. The number of hydrogen-bond donors (Lipinski definition) is 2. The van der Waals surface area contributed by atoms with Crippen molar-refractivity contribution in [1.29, 1.82) is 0 Å². The topological polar surface area (TPSA) is 124 Å². The van der Waals surface area contributed by atoms with Gasteiger partial charge in [0, 0.05) is 54.4 Å². The average molecular weight is 463 g/mol. The number of aromatic nitrogens is 4. The van der Waals surface area contributed by atoms with Crippen molar-refractivity contribution in [2.24, 2.45) is 0 Å². The molecule has 2 N–H and O–H groups in total. The van der Waals surface area contributed by atoms with Gasteiger partial charge in [-0.15, -0.1) is 0 Å². The number of aryl methyl sites for hydroxylation is 1. The van der Waals surface area contributed by atoms with Crippen LogP contribution in [0.15, 0.2) is 41.5 Å². The number of nitrogens with zero attached hydrogens (tertiary/aromatic N) is 4. The Morgan fingerprint density at radius 2 is 2.00 bits per heavy atom. The fraction of sp³-hybridized carbons (Fsp3) is 0.292. The van der Waals surface area contributed by atoms with Gasteiger partial charge in [0.05, 0.1) is 12.1 Å². The quantitative estimate of drug-likeness (QED) is 0.220. The Morgan fingerprint density at radius 1 is 1.18 bits per heavy atom. The Labute approximate surface area is 195 Å². The van der Waals surface area contributed by atoms with Gasteiger partial charge in [-0.2, -0.15) is 0 Å². The Morgan fingerprint density at radius 3 is 2.76 bits per heavy atom. The van der Waals surface area contributed by atoms with Gasteiger partial charge in [0.1, 0.15) is 5.52 Å². The van der Waals surface area contributed by atoms with Crippen LogP contribution < -0.4 is 10.5 Å². The minimum absolute atomic E-state index is 0.0221. The number of nitrogens with one attached hydrogen (secondary N) is 2. The van der Waals surface area contributed by atoms with Crippen LogP contribution in [0.4, 0.5) is 5.95 Å². The second kappa shape index (κ2) is 9.84. The summed E-state index contributed by atoms with van der Waals surface area (Å²) in [6, 6.07) is 7.58. The second-order valence-corrected chi connectivity index (χ2v) is 8.33. The van der Waals surface area contributed by atoms with Crippen molar-refractivity contribution >= 4 is 40.2 Å². The molecule has 0 unspecified atom stereocenters. The number of rotatable bonds is 9. The van der Waals surface area contributed by atoms with E-state index in [0.29, 0.717) is 23.4 Å². The van der Waals surface area contributed by atoms with Crippen LogP contribution in [0.2, 0.25) is 0 Å². The van der Waals surface area contributed by atoms with Crippen LogP contribution in [0.3, 0.4) is 0 Å². The van der Waals surface area contributed by atoms with E-state index in [9.17, 15) is 14.4 Å². The summed E-state index contributed by atoms with van der Waals surface area (Å²) in [7, 11) is 6.00. The molecule has 0 amide bonds. The van der Waals surface area contributed by atoms with Gasteiger partial charge in [-0.3, -0.25) is 14.4 Å². The molecular weight excluding hydrogens is 436 g/mol. The highest BCUT2D eigenvalue weighted by Crippen LogP contribution is 2.29. The highest BCUT2D eigenvalue weighted by molar-refractivity contribution is 6.07. The predicted molar refractivity (Wildman–Crippen MR) is 130 cm³/mol. The molecule has 4 rings (SSSR count). The summed E-state index contributed by atoms with van der Waals surface area (Å²) in [5.41, 5.74) is 3.28. The molecule has 3 heterocycles. The molecule has 10 heteroatoms. The van der Waals surface area contributed by atoms with Crippen LogP contribution in [0.5, 0.6) is 0 Å². The number of carbonyl (C=O) groups excluding carboxylic acids is 2. The van der Waals surface area contributed by atoms with E-state index in [0.717, 1.165) is 40.7 Å². The molecule has 0 spiro atoms. The van der Waals surface area contributed by atoms with Gasteiger partial charge in [0.15, 0.2) is 0 Å². The highest BCUT2D eigenvalue weighted by Gasteiger charge is 2.15. The number of anilines is 1. The maximum Gasteiger partial charge on any atom is 0.313 e. The number of esters is 1. The van der Waals surface area contributed by atoms with E-state index in [2.05, 4.69) is 24.6 Å². The van der Waals surface area contributed by atoms with Crippen LogP contribution in [0, 0.1) is 0 Å². The van der Waals surface area contributed by atoms with Gasteiger partial charge in [0.2, 0.25) is 5.95 Å². The molecule has 0 saturated heterocycles. The molecule has 0 atom stereocenters. The molecule has 4 aromatic rings. The van der Waals surface area contributed by atoms with E-state index in [1.54, 1.807) is 12.4 Å². The Bertz CT molecular complexity index is 1410. The van der Waals surface area contributed by atoms with Crippen molar-refractivity contribution in [3.8, 4) is 11.3 Å². The van der Waals surface area contributed by atoms with Crippen LogP contribution in [-0.2, 0) is 20.7 Å². The van der Waals surface area contributed by atoms with Crippen LogP contribution >= 0.6 is 0 Å². The summed E-state index contributed by atoms with van der Waals surface area (Å²) >= 11 is 0. The summed E-state index contributed by atoms with van der Waals surface area (Å²) in [6.45, 7) is 1.79. The monoisotopic (exact) mass is 462 g/mol. The zero-order valence-corrected chi connectivity index (χ0v) is 19.3. The lowest BCUT2D eigenvalue weighted by Crippen LogP contribution is -2.29. The fourth-order valence-corrected chi connectivity index (χ4v) is 3.84. The minimum atomic E-state index is -0.619. The van der Waals surface area contributed by atoms with E-state index >= 15 is 0 Å². The predicted octanol–water partition coefficient (Wildman–Crippen LogP) is 2.10. The molecule has 0 bridgehead atoms. The highest BCUT2D eigenvalue weighted by atomic mass is 16.6. The molecule has 34 heavy (non-hydrogen) atoms. The molecule has 3 aromatic heterocycles. The lowest BCUT2D eigenvalue weighted by molar-refractivity contribution is -0.151. The minimum Gasteiger partial charge on any atom is -0.395 e. The summed E-state index contributed by atoms with van der Waals surface area (Å²) in [6.07, 6.45) is 3.79. The molecule has 0 aliphatic rings. The van der Waals surface area contributed by atoms with Crippen molar-refractivity contribution < 1.29 is 14.3 Å². The maximum absolute atomic E-state index is 12.6. The number of aromatic amines is 2. The average Bonchev–Trinajstić information content (AvgIpc) is 3.26. The van der Waals surface area contributed by atoms with Crippen LogP contribution in [-0.4, -0.2) is 71.5 Å². The van der Waals surface area contributed by atoms with Crippen molar-refractivity contribution in [3.63, 3.8) is 0 Å². The molecule has 10 nitrogen and oxygen atoms in total. The van der Waals surface area contributed by atoms with Crippen molar-refractivity contribution in [2.45, 2.75) is 12.8 Å². The summed E-state index contributed by atoms with van der Waals surface area (Å²) in [5, 5.41) is 1.56. The van der Waals surface area contributed by atoms with E-state index in [1.165, 1.54) is 0 Å². The Hall–Kier alpha value is -4.05. The Balaban J connectivity index is 1.74. The first kappa shape index (κ1) is 23.1. The smallest absolute Gasteiger partial charge is 0.313 e. The number of ether oxygens (including phenoxy) is 1. The molecule has 1 aromatic carbocycles. The number of benzene rings is 1. The van der Waals surface area contributed by atoms with Gasteiger partial charge in [-0.05, 0) is 44.3 Å². The lowest BCUT2D eigenvalue weighted by atomic mass is 10.0. The number of fused-ring (bicyclic) bond motifs is 3. The first-order chi connectivity index (χ1) is 16.4. The second-order valence-electron chi connectivity index (χ2n) is 8.33. The van der Waals surface area contributed by atoms with E-state index < -0.39 is 5.97 Å². The zero-order valence-electron chi connectivity index (χ0n) is 19.3. The normalized spacial score (nSPS) is 11.3. The van der Waals surface area contributed by atoms with Gasteiger partial charge >= 0.3 is 12.4 Å². The summed E-state index contributed by atoms with van der Waals surface area (Å²) in [5.74, 6) is 0.00757. The SMILES string of the molecule is CN(C)CCN(C)c1nccc(-c2ccc3[nH]c(=O)c4[nH]cc(CCC(=O)OC=O)c4c3c2)n1. The molecule has 0 saturated carbocycles. The third-order valence-corrected chi connectivity index (χ3v) is 5.67. The van der Waals surface area contributed by atoms with Gasteiger partial charge in [0.25, 0.3) is 5.56 Å². The fourth-order valence-electron chi connectivity index (χ4n) is 3.84. The van der Waals surface area contributed by atoms with Gasteiger partial charge in [-0.25, -0.2) is 9.97 Å². The molecule has 0 aliphatic carbocycles. The van der Waals surface area contributed by atoms with Crippen molar-refractivity contribution in [2.75, 3.05) is 39.1 Å². The number of hydrogen-bond acceptors (Lipinski definition) is 8. The van der Waals surface area contributed by atoms with Gasteiger partial charge < -0.3 is 24.5 Å². The maximum atomic E-state index is 12.6. The standard InChI is InChI=1S/C24H26N6O4/c1-29(2)10-11-30(3)24-25-9-8-18(28-24)15-4-6-19-17(12-15)21-16(5-7-20(32)34-14-31)13-26-22(21)23(33)27-19/h4,6,8-9,12-14,26H,5,7,10-11H2,1-3H3,(H,27,33). The van der Waals surface area contributed by atoms with Crippen LogP contribution in [0.25, 0.3) is 33.1 Å². The number of carbonyl (C=O) groups is 2. The summed E-state index contributed by atoms with van der Waals surface area (Å²) < 4.78 is 4.38. The first-order valence-electron chi connectivity index (χ1n) is 10.9. The van der Waals surface area contributed by atoms with E-state index in [4.69, 9.17) is 4.98 Å². The van der Waals surface area contributed by atoms with Gasteiger partial charge in [-0.1, -0.05) is 6.07 Å². The molecule has 0 fully saturated rings. The number of H-pyrrole nitrogens is 2. The third kappa shape index (κ3) is 4.81. The number of likely N-dealkylation sites (N-methyl/N-ethyl adjacent to an activating group) is 2. The molecular formula is C24H26N6O4. The third-order valence-electron chi connectivity index (χ3n) is 5.67. The lowest BCUT2D eigenvalue weighted by Gasteiger charge is -2.19. The van der Waals surface area contributed by atoms with E-state index in [-0.39, 0.29) is 18.5 Å². The van der Waals surface area contributed by atoms with Crippen molar-refractivity contribution in [3.05, 3.63) is 52.6 Å².